The van der Waals surface area contributed by atoms with Crippen LogP contribution in [-0.2, 0) is 6.54 Å². The van der Waals surface area contributed by atoms with Crippen molar-refractivity contribution in [2.45, 2.75) is 25.4 Å². The van der Waals surface area contributed by atoms with Crippen molar-refractivity contribution in [1.29, 1.82) is 0 Å². The SMILES string of the molecule is CN(c1ccccn1)C1CCN(CCn2ccnn2)CC1. The molecule has 3 heterocycles. The fourth-order valence-corrected chi connectivity index (χ4v) is 2.88. The van der Waals surface area contributed by atoms with Crippen molar-refractivity contribution < 1.29 is 0 Å². The quantitative estimate of drug-likeness (QED) is 0.828. The van der Waals surface area contributed by atoms with Gasteiger partial charge in [-0.1, -0.05) is 11.3 Å². The average Bonchev–Trinajstić information content (AvgIpc) is 3.07. The lowest BCUT2D eigenvalue weighted by atomic mass is 10.0. The molecule has 0 radical (unpaired) electrons. The molecule has 112 valence electrons. The maximum Gasteiger partial charge on any atom is 0.128 e. The Kier molecular flexibility index (Phi) is 4.45. The zero-order valence-electron chi connectivity index (χ0n) is 12.5. The van der Waals surface area contributed by atoms with E-state index in [2.05, 4.69) is 38.2 Å². The predicted molar refractivity (Wildman–Crippen MR) is 82.1 cm³/mol. The van der Waals surface area contributed by atoms with E-state index in [0.717, 1.165) is 32.0 Å². The Morgan fingerprint density at radius 3 is 2.71 bits per heavy atom. The minimum Gasteiger partial charge on any atom is -0.357 e. The Balaban J connectivity index is 1.46. The number of pyridine rings is 1. The van der Waals surface area contributed by atoms with Gasteiger partial charge in [0.1, 0.15) is 5.82 Å². The van der Waals surface area contributed by atoms with E-state index in [0.29, 0.717) is 6.04 Å². The fourth-order valence-electron chi connectivity index (χ4n) is 2.88. The van der Waals surface area contributed by atoms with Gasteiger partial charge in [-0.05, 0) is 25.0 Å². The summed E-state index contributed by atoms with van der Waals surface area (Å²) in [5.41, 5.74) is 0. The van der Waals surface area contributed by atoms with Crippen molar-refractivity contribution in [2.24, 2.45) is 0 Å². The zero-order valence-corrected chi connectivity index (χ0v) is 12.5. The molecule has 0 bridgehead atoms. The molecule has 0 N–H and O–H groups in total. The minimum atomic E-state index is 0.586. The summed E-state index contributed by atoms with van der Waals surface area (Å²) in [7, 11) is 2.15. The number of rotatable bonds is 5. The van der Waals surface area contributed by atoms with Gasteiger partial charge in [0.25, 0.3) is 0 Å². The molecule has 0 saturated carbocycles. The lowest BCUT2D eigenvalue weighted by Crippen LogP contribution is -2.44. The van der Waals surface area contributed by atoms with Crippen LogP contribution in [0.15, 0.2) is 36.8 Å². The van der Waals surface area contributed by atoms with Crippen molar-refractivity contribution in [3.8, 4) is 0 Å². The monoisotopic (exact) mass is 286 g/mol. The smallest absolute Gasteiger partial charge is 0.128 e. The van der Waals surface area contributed by atoms with Gasteiger partial charge in [-0.15, -0.1) is 5.10 Å². The van der Waals surface area contributed by atoms with E-state index in [-0.39, 0.29) is 0 Å². The summed E-state index contributed by atoms with van der Waals surface area (Å²) in [6.45, 7) is 4.23. The van der Waals surface area contributed by atoms with Gasteiger partial charge in [0.2, 0.25) is 0 Å². The second kappa shape index (κ2) is 6.67. The van der Waals surface area contributed by atoms with Crippen LogP contribution in [0, 0.1) is 0 Å². The number of anilines is 1. The molecule has 3 rings (SSSR count). The largest absolute Gasteiger partial charge is 0.357 e. The van der Waals surface area contributed by atoms with Crippen LogP contribution in [0.1, 0.15) is 12.8 Å². The Morgan fingerprint density at radius 2 is 2.05 bits per heavy atom. The van der Waals surface area contributed by atoms with Gasteiger partial charge in [0.15, 0.2) is 0 Å². The summed E-state index contributed by atoms with van der Waals surface area (Å²) in [4.78, 5) is 9.26. The van der Waals surface area contributed by atoms with Crippen molar-refractivity contribution >= 4 is 5.82 Å². The molecule has 1 aliphatic heterocycles. The first-order valence-corrected chi connectivity index (χ1v) is 7.53. The van der Waals surface area contributed by atoms with Gasteiger partial charge in [0.05, 0.1) is 12.7 Å². The van der Waals surface area contributed by atoms with E-state index in [1.54, 1.807) is 6.20 Å². The molecule has 0 amide bonds. The molecule has 0 aliphatic carbocycles. The second-order valence-electron chi connectivity index (χ2n) is 5.54. The maximum atomic E-state index is 4.44. The summed E-state index contributed by atoms with van der Waals surface area (Å²) < 4.78 is 1.89. The first kappa shape index (κ1) is 14.0. The second-order valence-corrected chi connectivity index (χ2v) is 5.54. The van der Waals surface area contributed by atoms with E-state index >= 15 is 0 Å². The highest BCUT2D eigenvalue weighted by molar-refractivity contribution is 5.37. The van der Waals surface area contributed by atoms with Gasteiger partial charge in [-0.25, -0.2) is 4.98 Å². The standard InChI is InChI=1S/C15H22N6/c1-19(15-4-2-3-7-16-15)14-5-9-20(10-6-14)12-13-21-11-8-17-18-21/h2-4,7-8,11,14H,5-6,9-10,12-13H2,1H3. The number of aromatic nitrogens is 4. The molecule has 0 spiro atoms. The molecule has 6 heteroatoms. The van der Waals surface area contributed by atoms with E-state index in [1.807, 2.05) is 29.2 Å². The predicted octanol–water partition coefficient (Wildman–Crippen LogP) is 1.27. The summed E-state index contributed by atoms with van der Waals surface area (Å²) in [6.07, 6.45) is 7.88. The average molecular weight is 286 g/mol. The molecular weight excluding hydrogens is 264 g/mol. The number of nitrogens with zero attached hydrogens (tertiary/aromatic N) is 6. The third kappa shape index (κ3) is 3.58. The van der Waals surface area contributed by atoms with Crippen LogP contribution in [0.5, 0.6) is 0 Å². The van der Waals surface area contributed by atoms with E-state index in [1.165, 1.54) is 12.8 Å². The van der Waals surface area contributed by atoms with Crippen LogP contribution in [-0.4, -0.2) is 57.6 Å². The number of likely N-dealkylation sites (tertiary alicyclic amines) is 1. The zero-order chi connectivity index (χ0) is 14.5. The number of hydrogen-bond donors (Lipinski definition) is 0. The summed E-state index contributed by atoms with van der Waals surface area (Å²) >= 11 is 0. The molecule has 6 nitrogen and oxygen atoms in total. The lowest BCUT2D eigenvalue weighted by molar-refractivity contribution is 0.201. The maximum absolute atomic E-state index is 4.44. The summed E-state index contributed by atoms with van der Waals surface area (Å²) in [5, 5.41) is 7.84. The van der Waals surface area contributed by atoms with Crippen LogP contribution >= 0.6 is 0 Å². The molecule has 0 aromatic carbocycles. The van der Waals surface area contributed by atoms with Crippen LogP contribution in [0.2, 0.25) is 0 Å². The van der Waals surface area contributed by atoms with E-state index in [4.69, 9.17) is 0 Å². The highest BCUT2D eigenvalue weighted by atomic mass is 15.4. The Morgan fingerprint density at radius 1 is 1.19 bits per heavy atom. The minimum absolute atomic E-state index is 0.586. The normalized spacial score (nSPS) is 17.0. The van der Waals surface area contributed by atoms with Crippen LogP contribution in [0.3, 0.4) is 0 Å². The van der Waals surface area contributed by atoms with Gasteiger partial charge in [0, 0.05) is 45.1 Å². The van der Waals surface area contributed by atoms with Gasteiger partial charge >= 0.3 is 0 Å². The van der Waals surface area contributed by atoms with Crippen LogP contribution in [0.25, 0.3) is 0 Å². The van der Waals surface area contributed by atoms with Gasteiger partial charge < -0.3 is 9.80 Å². The molecular formula is C15H22N6. The third-order valence-corrected chi connectivity index (χ3v) is 4.23. The Labute approximate surface area is 125 Å². The number of hydrogen-bond acceptors (Lipinski definition) is 5. The van der Waals surface area contributed by atoms with Gasteiger partial charge in [-0.3, -0.25) is 4.68 Å². The molecule has 2 aromatic rings. The third-order valence-electron chi connectivity index (χ3n) is 4.23. The first-order valence-electron chi connectivity index (χ1n) is 7.53. The highest BCUT2D eigenvalue weighted by Gasteiger charge is 2.22. The van der Waals surface area contributed by atoms with Crippen molar-refractivity contribution in [3.05, 3.63) is 36.8 Å². The molecule has 0 atom stereocenters. The molecule has 1 aliphatic rings. The molecule has 2 aromatic heterocycles. The first-order chi connectivity index (χ1) is 10.3. The van der Waals surface area contributed by atoms with Crippen molar-refractivity contribution in [1.82, 2.24) is 24.9 Å². The van der Waals surface area contributed by atoms with Crippen molar-refractivity contribution in [3.63, 3.8) is 0 Å². The molecule has 1 fully saturated rings. The summed E-state index contributed by atoms with van der Waals surface area (Å²) in [5.74, 6) is 1.07. The molecule has 0 unspecified atom stereocenters. The highest BCUT2D eigenvalue weighted by Crippen LogP contribution is 2.19. The fraction of sp³-hybridized carbons (Fsp3) is 0.533. The van der Waals surface area contributed by atoms with Crippen LogP contribution in [0.4, 0.5) is 5.82 Å². The topological polar surface area (TPSA) is 50.1 Å². The van der Waals surface area contributed by atoms with Crippen molar-refractivity contribution in [2.75, 3.05) is 31.6 Å². The van der Waals surface area contributed by atoms with Crippen LogP contribution < -0.4 is 4.90 Å². The Bertz CT molecular complexity index is 518. The summed E-state index contributed by atoms with van der Waals surface area (Å²) in [6, 6.07) is 6.68. The van der Waals surface area contributed by atoms with E-state index in [9.17, 15) is 0 Å². The van der Waals surface area contributed by atoms with Gasteiger partial charge in [-0.2, -0.15) is 0 Å². The number of piperidine rings is 1. The molecule has 21 heavy (non-hydrogen) atoms. The molecule has 1 saturated heterocycles. The lowest BCUT2D eigenvalue weighted by Gasteiger charge is -2.37. The van der Waals surface area contributed by atoms with E-state index < -0.39 is 0 Å². The Hall–Kier alpha value is -1.95.